The summed E-state index contributed by atoms with van der Waals surface area (Å²) in [5.74, 6) is 9.44. The molecule has 0 bridgehead atoms. The Balaban J connectivity index is 0.000000187. The fourth-order valence-corrected chi connectivity index (χ4v) is 19.0. The Bertz CT molecular complexity index is 5190. The van der Waals surface area contributed by atoms with Crippen molar-refractivity contribution < 1.29 is 61.8 Å². The molecule has 5 aromatic carbocycles. The van der Waals surface area contributed by atoms with Crippen LogP contribution in [0.4, 0.5) is 28.4 Å². The molecule has 5 heterocycles. The maximum atomic E-state index is 11.4. The number of carbonyl (C=O) groups excluding carboxylic acids is 3. The number of hydrogen-bond donors (Lipinski definition) is 3. The standard InChI is InChI=1S/C22H26Cl2N2O3S.C20H23Cl3N2O2.C20H24Cl2N2O2S.C18H20Cl2N2O2.C12H17NO2.C6H3Cl2NO.C2H3ClO/c1-15(27)30-10-9-26(14-18-19(23)12-25-13-20(18)24)16-7-8-21(28-2)22(11-16)29-17-5-3-4-6-17;1-26-19-7-6-14(10-20(19)27-15-4-2-3-5-15)25(9-8-21)13-16-17(22)11-24-12-18(16)23;1-25-19-7-6-14(10-20(19)26-15-4-2-3-5-15)24(8-9-27)13-16-17(21)11-23-12-18(16)22;1-23-17-7-6-12(8-18(17)24-13-4-2-3-5-13)22-9-14-15(19)10-21-11-16(14)20;1-14-11-7-6-9(13)8-12(11)15-10-4-2-3-5-10;7-5-1-9-2-6(8)4(5)3-10;3-1-2-4/h7-8,11-13,17H,3-6,9-10,14H2,1-2H3;6-7,10-12,15H,2-5,8-9,13H2,1H3;6-7,10-12,15,27H,2-5,8-9,13H2,1H3;6-8,10-11,13,22H,2-5,9H2,1H3;6-8,10H,2-5,13H2,1H3;1-3H;2H,1H2. The van der Waals surface area contributed by atoms with Gasteiger partial charge in [0.25, 0.3) is 0 Å². The third-order valence-corrected chi connectivity index (χ3v) is 27.2. The zero-order valence-electron chi connectivity index (χ0n) is 77.2. The molecule has 3 N–H and O–H groups in total. The number of nitrogen functional groups attached to an aromatic ring is 1. The number of nitrogens with two attached hydrogens (primary N) is 1. The first-order valence-electron chi connectivity index (χ1n) is 45.0. The Labute approximate surface area is 873 Å². The van der Waals surface area contributed by atoms with Gasteiger partial charge >= 0.3 is 0 Å². The average molecular weight is 2160 g/mol. The van der Waals surface area contributed by atoms with Gasteiger partial charge in [-0.3, -0.25) is 34.5 Å². The molecule has 5 aromatic heterocycles. The molecule has 0 spiro atoms. The van der Waals surface area contributed by atoms with E-state index >= 15 is 0 Å². The number of halogens is 12. The summed E-state index contributed by atoms with van der Waals surface area (Å²) < 4.78 is 57.8. The van der Waals surface area contributed by atoms with Crippen LogP contribution in [-0.2, 0) is 35.8 Å². The Morgan fingerprint density at radius 3 is 0.956 bits per heavy atom. The summed E-state index contributed by atoms with van der Waals surface area (Å²) in [7, 11) is 8.27. The van der Waals surface area contributed by atoms with Crippen LogP contribution in [0.2, 0.25) is 50.2 Å². The number of nitrogens with zero attached hydrogens (tertiary/aromatic N) is 8. The van der Waals surface area contributed by atoms with Gasteiger partial charge in [-0.15, -0.1) is 23.2 Å². The SMILES string of the molecule is COc1ccc(N(CCCl)Cc2c(Cl)cncc2Cl)cc1OC1CCCC1.COc1ccc(N(CCS)Cc2c(Cl)cncc2Cl)cc1OC1CCCC1.COc1ccc(N(CCSC(C)=O)Cc2c(Cl)cncc2Cl)cc1OC1CCCC1.COc1ccc(N)cc1OC1CCCC1.COc1ccc(NCc2c(Cl)cncc2Cl)cc1OC1CCCC1.O=CCCl.O=Cc1c(Cl)cncc1Cl. The van der Waals surface area contributed by atoms with Gasteiger partial charge in [-0.25, -0.2) is 0 Å². The van der Waals surface area contributed by atoms with Crippen molar-refractivity contribution in [3.05, 3.63) is 231 Å². The lowest BCUT2D eigenvalue weighted by Crippen LogP contribution is -2.26. The van der Waals surface area contributed by atoms with Gasteiger partial charge in [-0.1, -0.05) is 128 Å². The molecule has 0 unspecified atom stereocenters. The first-order valence-corrected chi connectivity index (χ1v) is 51.4. The summed E-state index contributed by atoms with van der Waals surface area (Å²) in [6, 6.07) is 29.1. The van der Waals surface area contributed by atoms with E-state index in [9.17, 15) is 9.59 Å². The number of aromatic nitrogens is 5. The normalized spacial score (nSPS) is 14.0. The number of anilines is 5. The number of aldehydes is 2. The van der Waals surface area contributed by atoms with Crippen LogP contribution in [0.15, 0.2) is 153 Å². The highest BCUT2D eigenvalue weighted by molar-refractivity contribution is 8.13. The number of rotatable bonds is 36. The number of benzene rings is 5. The average Bonchev–Trinajstić information content (AvgIpc) is 1.00. The van der Waals surface area contributed by atoms with E-state index in [-0.39, 0.29) is 45.5 Å². The van der Waals surface area contributed by atoms with Gasteiger partial charge in [-0.05, 0) is 189 Å². The van der Waals surface area contributed by atoms with Crippen molar-refractivity contribution >= 4 is 210 Å². The van der Waals surface area contributed by atoms with Crippen LogP contribution in [0, 0.1) is 0 Å². The largest absolute Gasteiger partial charge is 0.493 e. The minimum Gasteiger partial charge on any atom is -0.493 e. The summed E-state index contributed by atoms with van der Waals surface area (Å²) in [4.78, 5) is 56.9. The fraction of sp³-hybridized carbons (Fsp3) is 0.420. The van der Waals surface area contributed by atoms with E-state index in [1.165, 1.54) is 88.4 Å². The van der Waals surface area contributed by atoms with Crippen LogP contribution >= 0.6 is 164 Å². The summed E-state index contributed by atoms with van der Waals surface area (Å²) in [6.45, 7) is 5.71. The van der Waals surface area contributed by atoms with Gasteiger partial charge in [-0.2, -0.15) is 12.6 Å². The summed E-state index contributed by atoms with van der Waals surface area (Å²) in [6.07, 6.45) is 41.3. The number of thiol groups is 1. The molecule has 23 nitrogen and oxygen atoms in total. The molecule has 0 aliphatic heterocycles. The van der Waals surface area contributed by atoms with Gasteiger partial charge in [0, 0.05) is 213 Å². The molecule has 0 atom stereocenters. The van der Waals surface area contributed by atoms with Crippen molar-refractivity contribution in [2.75, 3.05) is 104 Å². The van der Waals surface area contributed by atoms with Crippen molar-refractivity contribution in [1.82, 2.24) is 24.9 Å². The molecule has 5 fully saturated rings. The molecule has 740 valence electrons. The van der Waals surface area contributed by atoms with Gasteiger partial charge in [0.05, 0.1) is 128 Å². The second-order valence-corrected chi connectivity index (χ2v) is 38.5. The first kappa shape index (κ1) is 113. The minimum atomic E-state index is 0.0925. The van der Waals surface area contributed by atoms with Crippen molar-refractivity contribution in [2.24, 2.45) is 0 Å². The highest BCUT2D eigenvalue weighted by atomic mass is 35.5. The summed E-state index contributed by atoms with van der Waals surface area (Å²) in [5, 5.41) is 8.30. The molecule has 0 amide bonds. The summed E-state index contributed by atoms with van der Waals surface area (Å²) in [5.41, 5.74) is 13.9. The van der Waals surface area contributed by atoms with Gasteiger partial charge in [0.2, 0.25) is 0 Å². The highest BCUT2D eigenvalue weighted by Crippen LogP contribution is 2.43. The van der Waals surface area contributed by atoms with Crippen molar-refractivity contribution in [1.29, 1.82) is 0 Å². The fourth-order valence-electron chi connectivity index (χ4n) is 15.5. The number of methoxy groups -OCH3 is 5. The molecule has 5 aliphatic rings. The second kappa shape index (κ2) is 61.0. The molecule has 10 aromatic rings. The third-order valence-electron chi connectivity index (χ3n) is 22.7. The lowest BCUT2D eigenvalue weighted by molar-refractivity contribution is -0.109. The highest BCUT2D eigenvalue weighted by Gasteiger charge is 2.27. The Kier molecular flexibility index (Phi) is 50.2. The molecule has 37 heteroatoms. The van der Waals surface area contributed by atoms with Crippen LogP contribution in [0.25, 0.3) is 0 Å². The molecular formula is C100H116Cl12N10O13S2. The number of thioether (sulfide) groups is 1. The lowest BCUT2D eigenvalue weighted by Gasteiger charge is -2.27. The first-order chi connectivity index (χ1) is 66.3. The summed E-state index contributed by atoms with van der Waals surface area (Å²) >= 11 is 78.0. The monoisotopic (exact) mass is 2150 g/mol. The quantitative estimate of drug-likeness (QED) is 0.0143. The number of pyridine rings is 5. The number of hydrogen-bond acceptors (Lipinski definition) is 25. The Hall–Kier alpha value is -7.96. The number of nitrogens with one attached hydrogen (secondary N) is 1. The van der Waals surface area contributed by atoms with E-state index in [0.29, 0.717) is 133 Å². The molecule has 0 radical (unpaired) electrons. The van der Waals surface area contributed by atoms with Gasteiger partial charge in [0.15, 0.2) is 68.9 Å². The van der Waals surface area contributed by atoms with Crippen LogP contribution < -0.4 is 73.1 Å². The van der Waals surface area contributed by atoms with E-state index in [4.69, 9.17) is 197 Å². The zero-order chi connectivity index (χ0) is 98.5. The maximum Gasteiger partial charge on any atom is 0.185 e. The third kappa shape index (κ3) is 36.5. The minimum absolute atomic E-state index is 0.0925. The molecule has 15 rings (SSSR count). The van der Waals surface area contributed by atoms with Crippen LogP contribution in [0.3, 0.4) is 0 Å². The van der Waals surface area contributed by atoms with Crippen molar-refractivity contribution in [2.45, 2.75) is 192 Å². The van der Waals surface area contributed by atoms with Gasteiger partial charge < -0.3 is 77.9 Å². The second-order valence-electron chi connectivity index (χ2n) is 32.1. The zero-order valence-corrected chi connectivity index (χ0v) is 88.0. The smallest absolute Gasteiger partial charge is 0.185 e. The van der Waals surface area contributed by atoms with E-state index < -0.39 is 0 Å². The number of alkyl halides is 2. The molecular weight excluding hydrogens is 2040 g/mol. The van der Waals surface area contributed by atoms with Gasteiger partial charge in [0.1, 0.15) is 6.29 Å². The number of ether oxygens (including phenoxy) is 10. The Morgan fingerprint density at radius 2 is 0.672 bits per heavy atom. The molecule has 5 saturated carbocycles. The van der Waals surface area contributed by atoms with Crippen LogP contribution in [-0.4, -0.2) is 152 Å². The molecule has 0 saturated heterocycles. The van der Waals surface area contributed by atoms with E-state index in [2.05, 4.69) is 57.6 Å². The van der Waals surface area contributed by atoms with E-state index in [1.807, 2.05) is 91.0 Å². The lowest BCUT2D eigenvalue weighted by atomic mass is 10.2. The predicted octanol–water partition coefficient (Wildman–Crippen LogP) is 28.2. The predicted molar refractivity (Wildman–Crippen MR) is 565 cm³/mol. The van der Waals surface area contributed by atoms with E-state index in [1.54, 1.807) is 92.0 Å². The van der Waals surface area contributed by atoms with Crippen molar-refractivity contribution in [3.8, 4) is 57.5 Å². The van der Waals surface area contributed by atoms with E-state index in [0.717, 1.165) is 168 Å². The maximum absolute atomic E-state index is 11.4. The topological polar surface area (TPSA) is 256 Å². The Morgan fingerprint density at radius 1 is 0.394 bits per heavy atom. The van der Waals surface area contributed by atoms with Crippen LogP contribution in [0.1, 0.15) is 168 Å². The van der Waals surface area contributed by atoms with Crippen molar-refractivity contribution in [3.63, 3.8) is 0 Å². The number of carbonyl (C=O) groups is 3. The van der Waals surface area contributed by atoms with Crippen LogP contribution in [0.5, 0.6) is 57.5 Å². The molecule has 137 heavy (non-hydrogen) atoms. The molecule has 5 aliphatic carbocycles.